The van der Waals surface area contributed by atoms with E-state index in [0.29, 0.717) is 18.4 Å². The van der Waals surface area contributed by atoms with Crippen LogP contribution in [0.15, 0.2) is 18.2 Å². The molecule has 0 fully saturated rings. The number of anilines is 1. The lowest BCUT2D eigenvalue weighted by atomic mass is 10.0. The van der Waals surface area contributed by atoms with Crippen LogP contribution in [0.1, 0.15) is 45.2 Å². The number of carbonyl (C=O) groups excluding carboxylic acids is 1. The molecule has 0 saturated carbocycles. The molecule has 0 saturated heterocycles. The average molecular weight is 332 g/mol. The Morgan fingerprint density at radius 2 is 1.91 bits per heavy atom. The molecule has 1 aromatic carbocycles. The Morgan fingerprint density at radius 3 is 2.39 bits per heavy atom. The first kappa shape index (κ1) is 19.3. The van der Waals surface area contributed by atoms with E-state index >= 15 is 0 Å². The van der Waals surface area contributed by atoms with Gasteiger partial charge in [0.15, 0.2) is 0 Å². The topological polar surface area (TPSA) is 64.3 Å². The number of hydrogen-bond acceptors (Lipinski definition) is 3. The molecule has 7 heteroatoms. The molecule has 0 spiro atoms. The largest absolute Gasteiger partial charge is 0.444 e. The fraction of sp³-hybridized carbons (Fsp3) is 0.562. The van der Waals surface area contributed by atoms with E-state index in [1.54, 1.807) is 20.8 Å². The highest BCUT2D eigenvalue weighted by atomic mass is 19.4. The Labute approximate surface area is 134 Å². The van der Waals surface area contributed by atoms with Gasteiger partial charge in [-0.05, 0) is 58.2 Å². The molecule has 0 bridgehead atoms. The van der Waals surface area contributed by atoms with Gasteiger partial charge in [0.2, 0.25) is 0 Å². The average Bonchev–Trinajstić information content (AvgIpc) is 2.33. The van der Waals surface area contributed by atoms with Crippen LogP contribution in [0.5, 0.6) is 0 Å². The zero-order chi connectivity index (χ0) is 17.8. The Bertz CT molecular complexity index is 549. The number of nitrogens with two attached hydrogens (primary N) is 1. The van der Waals surface area contributed by atoms with Gasteiger partial charge in [-0.3, -0.25) is 5.32 Å². The second kappa shape index (κ2) is 7.21. The highest BCUT2D eigenvalue weighted by molar-refractivity contribution is 5.86. The van der Waals surface area contributed by atoms with Crippen LogP contribution in [0.4, 0.5) is 23.7 Å². The van der Waals surface area contributed by atoms with Crippen molar-refractivity contribution in [3.63, 3.8) is 0 Å². The first-order chi connectivity index (χ1) is 10.4. The van der Waals surface area contributed by atoms with Crippen molar-refractivity contribution in [2.24, 2.45) is 5.73 Å². The summed E-state index contributed by atoms with van der Waals surface area (Å²) in [6.45, 7) is 6.84. The van der Waals surface area contributed by atoms with Crippen molar-refractivity contribution in [3.8, 4) is 0 Å². The monoisotopic (exact) mass is 332 g/mol. The fourth-order valence-electron chi connectivity index (χ4n) is 1.88. The van der Waals surface area contributed by atoms with Crippen LogP contribution in [0.25, 0.3) is 0 Å². The number of carbonyl (C=O) groups is 1. The maximum absolute atomic E-state index is 12.9. The number of halogens is 3. The van der Waals surface area contributed by atoms with Crippen LogP contribution in [-0.4, -0.2) is 17.7 Å². The summed E-state index contributed by atoms with van der Waals surface area (Å²) in [7, 11) is 0. The molecular formula is C16H23F3N2O2. The first-order valence-corrected chi connectivity index (χ1v) is 7.34. The molecule has 0 aliphatic rings. The van der Waals surface area contributed by atoms with Crippen molar-refractivity contribution in [3.05, 3.63) is 29.3 Å². The zero-order valence-corrected chi connectivity index (χ0v) is 13.8. The molecule has 0 aromatic heterocycles. The van der Waals surface area contributed by atoms with Crippen molar-refractivity contribution in [1.82, 2.24) is 0 Å². The molecule has 0 aliphatic heterocycles. The standard InChI is InChI=1S/C16H23F3N2O2/c1-10(20)5-6-11-7-8-12(16(17,18)19)9-13(11)21-14(22)23-15(2,3)4/h7-10H,5-6,20H2,1-4H3,(H,21,22)/t10-/m1/s1. The van der Waals surface area contributed by atoms with Crippen molar-refractivity contribution >= 4 is 11.8 Å². The first-order valence-electron chi connectivity index (χ1n) is 7.34. The van der Waals surface area contributed by atoms with Crippen LogP contribution in [0.3, 0.4) is 0 Å². The predicted octanol–water partition coefficient (Wildman–Crippen LogP) is 4.33. The van der Waals surface area contributed by atoms with Gasteiger partial charge < -0.3 is 10.5 Å². The third-order valence-corrected chi connectivity index (χ3v) is 2.94. The molecule has 3 N–H and O–H groups in total. The van der Waals surface area contributed by atoms with Gasteiger partial charge in [-0.2, -0.15) is 13.2 Å². The smallest absolute Gasteiger partial charge is 0.416 e. The minimum Gasteiger partial charge on any atom is -0.444 e. The number of amides is 1. The molecule has 0 heterocycles. The highest BCUT2D eigenvalue weighted by Gasteiger charge is 2.31. The number of hydrogen-bond donors (Lipinski definition) is 2. The van der Waals surface area contributed by atoms with E-state index in [-0.39, 0.29) is 11.7 Å². The minimum absolute atomic E-state index is 0.0910. The molecule has 1 atom stereocenters. The lowest BCUT2D eigenvalue weighted by Crippen LogP contribution is -2.27. The third kappa shape index (κ3) is 6.90. The summed E-state index contributed by atoms with van der Waals surface area (Å²) in [5.41, 5.74) is 4.79. The van der Waals surface area contributed by atoms with Crippen LogP contribution < -0.4 is 11.1 Å². The fourth-order valence-corrected chi connectivity index (χ4v) is 1.88. The SMILES string of the molecule is C[C@@H](N)CCc1ccc(C(F)(F)F)cc1NC(=O)OC(C)(C)C. The van der Waals surface area contributed by atoms with Gasteiger partial charge in [0.25, 0.3) is 0 Å². The summed E-state index contributed by atoms with van der Waals surface area (Å²) in [4.78, 5) is 11.8. The molecule has 130 valence electrons. The molecule has 1 aromatic rings. The van der Waals surface area contributed by atoms with Crippen LogP contribution in [0.2, 0.25) is 0 Å². The van der Waals surface area contributed by atoms with Gasteiger partial charge in [0, 0.05) is 11.7 Å². The van der Waals surface area contributed by atoms with Gasteiger partial charge in [-0.15, -0.1) is 0 Å². The van der Waals surface area contributed by atoms with E-state index in [2.05, 4.69) is 5.32 Å². The Balaban J connectivity index is 3.05. The summed E-state index contributed by atoms with van der Waals surface area (Å²) in [5, 5.41) is 2.40. The van der Waals surface area contributed by atoms with E-state index in [9.17, 15) is 18.0 Å². The van der Waals surface area contributed by atoms with Gasteiger partial charge in [0.1, 0.15) is 5.60 Å². The van der Waals surface area contributed by atoms with Crippen LogP contribution >= 0.6 is 0 Å². The molecule has 0 aliphatic carbocycles. The second-order valence-electron chi connectivity index (χ2n) is 6.51. The second-order valence-corrected chi connectivity index (χ2v) is 6.51. The van der Waals surface area contributed by atoms with E-state index in [4.69, 9.17) is 10.5 Å². The summed E-state index contributed by atoms with van der Waals surface area (Å²) in [6.07, 6.45) is -4.22. The molecule has 1 amide bonds. The van der Waals surface area contributed by atoms with Crippen molar-refractivity contribution in [2.45, 2.75) is 58.4 Å². The van der Waals surface area contributed by atoms with Gasteiger partial charge in [-0.25, -0.2) is 4.79 Å². The minimum atomic E-state index is -4.48. The third-order valence-electron chi connectivity index (χ3n) is 2.94. The quantitative estimate of drug-likeness (QED) is 0.862. The molecule has 23 heavy (non-hydrogen) atoms. The number of aryl methyl sites for hydroxylation is 1. The van der Waals surface area contributed by atoms with E-state index in [0.717, 1.165) is 12.1 Å². The van der Waals surface area contributed by atoms with E-state index in [1.807, 2.05) is 6.92 Å². The Hall–Kier alpha value is -1.76. The molecule has 0 unspecified atom stereocenters. The lowest BCUT2D eigenvalue weighted by Gasteiger charge is -2.21. The molecular weight excluding hydrogens is 309 g/mol. The van der Waals surface area contributed by atoms with E-state index < -0.39 is 23.4 Å². The Kier molecular flexibility index (Phi) is 6.04. The Morgan fingerprint density at radius 1 is 1.30 bits per heavy atom. The number of rotatable bonds is 4. The van der Waals surface area contributed by atoms with Crippen molar-refractivity contribution in [1.29, 1.82) is 0 Å². The van der Waals surface area contributed by atoms with Gasteiger partial charge >= 0.3 is 12.3 Å². The van der Waals surface area contributed by atoms with Crippen LogP contribution in [0, 0.1) is 0 Å². The number of ether oxygens (including phenoxy) is 1. The maximum atomic E-state index is 12.9. The lowest BCUT2D eigenvalue weighted by molar-refractivity contribution is -0.137. The maximum Gasteiger partial charge on any atom is 0.416 e. The summed E-state index contributed by atoms with van der Waals surface area (Å²) in [6, 6.07) is 3.18. The van der Waals surface area contributed by atoms with E-state index in [1.165, 1.54) is 6.07 Å². The molecule has 1 rings (SSSR count). The van der Waals surface area contributed by atoms with Crippen molar-refractivity contribution < 1.29 is 22.7 Å². The summed E-state index contributed by atoms with van der Waals surface area (Å²) < 4.78 is 43.7. The predicted molar refractivity (Wildman–Crippen MR) is 83.3 cm³/mol. The summed E-state index contributed by atoms with van der Waals surface area (Å²) >= 11 is 0. The summed E-state index contributed by atoms with van der Waals surface area (Å²) in [5.74, 6) is 0. The number of alkyl halides is 3. The molecule has 0 radical (unpaired) electrons. The molecule has 4 nitrogen and oxygen atoms in total. The number of benzene rings is 1. The van der Waals surface area contributed by atoms with Gasteiger partial charge in [-0.1, -0.05) is 6.07 Å². The van der Waals surface area contributed by atoms with Crippen LogP contribution in [-0.2, 0) is 17.3 Å². The number of nitrogens with one attached hydrogen (secondary N) is 1. The normalized spacial score (nSPS) is 13.6. The highest BCUT2D eigenvalue weighted by Crippen LogP contribution is 2.32. The van der Waals surface area contributed by atoms with Gasteiger partial charge in [0.05, 0.1) is 5.56 Å². The zero-order valence-electron chi connectivity index (χ0n) is 13.8. The van der Waals surface area contributed by atoms with Crippen molar-refractivity contribution in [2.75, 3.05) is 5.32 Å².